The van der Waals surface area contributed by atoms with E-state index in [0.717, 1.165) is 16.3 Å². The average molecular weight is 364 g/mol. The highest BCUT2D eigenvalue weighted by Gasteiger charge is 2.09. The maximum Gasteiger partial charge on any atom is 0.251 e. The lowest BCUT2D eigenvalue weighted by Gasteiger charge is -2.04. The first-order valence-electron chi connectivity index (χ1n) is 6.71. The van der Waals surface area contributed by atoms with Crippen LogP contribution in [0.2, 0.25) is 10.0 Å². The summed E-state index contributed by atoms with van der Waals surface area (Å²) in [6.45, 7) is 0.348. The number of halogens is 2. The fraction of sp³-hybridized carbons (Fsp3) is 0.0625. The lowest BCUT2D eigenvalue weighted by molar-refractivity contribution is 0.0950. The summed E-state index contributed by atoms with van der Waals surface area (Å²) in [5.41, 5.74) is 2.27. The molecule has 2 heterocycles. The summed E-state index contributed by atoms with van der Waals surface area (Å²) >= 11 is 13.3. The van der Waals surface area contributed by atoms with E-state index in [1.165, 1.54) is 11.3 Å². The number of hydrogen-bond acceptors (Lipinski definition) is 4. The molecule has 0 aliphatic heterocycles. The molecule has 2 aromatic heterocycles. The summed E-state index contributed by atoms with van der Waals surface area (Å²) in [5, 5.41) is 6.41. The predicted molar refractivity (Wildman–Crippen MR) is 93.0 cm³/mol. The zero-order valence-corrected chi connectivity index (χ0v) is 14.1. The number of nitrogens with one attached hydrogen (secondary N) is 1. The highest BCUT2D eigenvalue weighted by molar-refractivity contribution is 7.13. The van der Waals surface area contributed by atoms with Gasteiger partial charge in [-0.1, -0.05) is 23.2 Å². The molecular weight excluding hydrogens is 353 g/mol. The topological polar surface area (TPSA) is 54.9 Å². The zero-order chi connectivity index (χ0) is 16.2. The first kappa shape index (κ1) is 15.9. The van der Waals surface area contributed by atoms with Crippen LogP contribution in [0.4, 0.5) is 0 Å². The van der Waals surface area contributed by atoms with Crippen LogP contribution in [0.1, 0.15) is 16.1 Å². The molecule has 116 valence electrons. The van der Waals surface area contributed by atoms with E-state index < -0.39 is 0 Å². The van der Waals surface area contributed by atoms with E-state index in [1.807, 2.05) is 17.5 Å². The zero-order valence-electron chi connectivity index (χ0n) is 11.8. The van der Waals surface area contributed by atoms with Gasteiger partial charge in [-0.15, -0.1) is 11.3 Å². The third-order valence-corrected chi connectivity index (χ3v) is 4.77. The van der Waals surface area contributed by atoms with E-state index in [4.69, 9.17) is 23.2 Å². The SMILES string of the molecule is O=C(NCc1csc(-c2ccncc2)n1)c1ccc(Cl)c(Cl)c1. The van der Waals surface area contributed by atoms with Gasteiger partial charge >= 0.3 is 0 Å². The number of amides is 1. The standard InChI is InChI=1S/C16H11Cl2N3OS/c17-13-2-1-11(7-14(13)18)15(22)20-8-12-9-23-16(21-12)10-3-5-19-6-4-10/h1-7,9H,8H2,(H,20,22). The summed E-state index contributed by atoms with van der Waals surface area (Å²) in [7, 11) is 0. The first-order valence-corrected chi connectivity index (χ1v) is 8.35. The molecule has 3 rings (SSSR count). The Bertz CT molecular complexity index is 836. The van der Waals surface area contributed by atoms with Crippen LogP contribution in [0, 0.1) is 0 Å². The molecule has 0 unspecified atom stereocenters. The lowest BCUT2D eigenvalue weighted by atomic mass is 10.2. The van der Waals surface area contributed by atoms with E-state index in [2.05, 4.69) is 15.3 Å². The van der Waals surface area contributed by atoms with Crippen LogP contribution in [0.15, 0.2) is 48.1 Å². The highest BCUT2D eigenvalue weighted by atomic mass is 35.5. The smallest absolute Gasteiger partial charge is 0.251 e. The van der Waals surface area contributed by atoms with Gasteiger partial charge < -0.3 is 5.32 Å². The molecule has 0 spiro atoms. The lowest BCUT2D eigenvalue weighted by Crippen LogP contribution is -2.22. The summed E-state index contributed by atoms with van der Waals surface area (Å²) in [4.78, 5) is 20.6. The molecule has 0 radical (unpaired) electrons. The van der Waals surface area contributed by atoms with Crippen molar-refractivity contribution in [3.63, 3.8) is 0 Å². The van der Waals surface area contributed by atoms with Crippen molar-refractivity contribution >= 4 is 40.4 Å². The number of pyridine rings is 1. The molecule has 0 bridgehead atoms. The Morgan fingerprint density at radius 2 is 1.91 bits per heavy atom. The molecule has 0 aliphatic carbocycles. The summed E-state index contributed by atoms with van der Waals surface area (Å²) in [6.07, 6.45) is 3.45. The minimum atomic E-state index is -0.220. The molecule has 1 N–H and O–H groups in total. The van der Waals surface area contributed by atoms with Gasteiger partial charge in [-0.2, -0.15) is 0 Å². The molecule has 7 heteroatoms. The number of carbonyl (C=O) groups excluding carboxylic acids is 1. The van der Waals surface area contributed by atoms with Gasteiger partial charge in [0.15, 0.2) is 0 Å². The average Bonchev–Trinajstić information content (AvgIpc) is 3.05. The fourth-order valence-corrected chi connectivity index (χ4v) is 3.05. The third kappa shape index (κ3) is 3.88. The fourth-order valence-electron chi connectivity index (χ4n) is 1.93. The van der Waals surface area contributed by atoms with Crippen molar-refractivity contribution in [1.82, 2.24) is 15.3 Å². The molecule has 1 aromatic carbocycles. The number of carbonyl (C=O) groups is 1. The Labute approximate surface area is 147 Å². The quantitative estimate of drug-likeness (QED) is 0.745. The number of aromatic nitrogens is 2. The van der Waals surface area contributed by atoms with Crippen molar-refractivity contribution in [3.8, 4) is 10.6 Å². The molecule has 0 saturated heterocycles. The third-order valence-electron chi connectivity index (χ3n) is 3.09. The van der Waals surface area contributed by atoms with Crippen LogP contribution >= 0.6 is 34.5 Å². The minimum absolute atomic E-state index is 0.220. The van der Waals surface area contributed by atoms with Gasteiger partial charge in [0.05, 0.1) is 22.3 Å². The highest BCUT2D eigenvalue weighted by Crippen LogP contribution is 2.24. The summed E-state index contributed by atoms with van der Waals surface area (Å²) in [6, 6.07) is 8.58. The predicted octanol–water partition coefficient (Wildman–Crippen LogP) is 4.44. The Kier molecular flexibility index (Phi) is 4.91. The van der Waals surface area contributed by atoms with Crippen LogP contribution in [0.5, 0.6) is 0 Å². The molecule has 0 fully saturated rings. The number of hydrogen-bond donors (Lipinski definition) is 1. The Hall–Kier alpha value is -1.95. The molecule has 3 aromatic rings. The molecule has 4 nitrogen and oxygen atoms in total. The van der Waals surface area contributed by atoms with Crippen molar-refractivity contribution in [1.29, 1.82) is 0 Å². The van der Waals surface area contributed by atoms with Gasteiger partial charge in [-0.3, -0.25) is 9.78 Å². The van der Waals surface area contributed by atoms with Gasteiger partial charge in [0.25, 0.3) is 5.91 Å². The van der Waals surface area contributed by atoms with E-state index >= 15 is 0 Å². The summed E-state index contributed by atoms with van der Waals surface area (Å²) < 4.78 is 0. The van der Waals surface area contributed by atoms with Crippen molar-refractivity contribution < 1.29 is 4.79 Å². The van der Waals surface area contributed by atoms with Crippen LogP contribution in [0.25, 0.3) is 10.6 Å². The number of thiazole rings is 1. The molecule has 0 saturated carbocycles. The van der Waals surface area contributed by atoms with Gasteiger partial charge in [-0.05, 0) is 30.3 Å². The van der Waals surface area contributed by atoms with Gasteiger partial charge in [0, 0.05) is 28.9 Å². The van der Waals surface area contributed by atoms with Crippen molar-refractivity contribution in [3.05, 3.63) is 69.4 Å². The van der Waals surface area contributed by atoms with Gasteiger partial charge in [0.1, 0.15) is 5.01 Å². The monoisotopic (exact) mass is 363 g/mol. The summed E-state index contributed by atoms with van der Waals surface area (Å²) in [5.74, 6) is -0.220. The second-order valence-corrected chi connectivity index (χ2v) is 6.36. The van der Waals surface area contributed by atoms with Crippen molar-refractivity contribution in [2.24, 2.45) is 0 Å². The largest absolute Gasteiger partial charge is 0.346 e. The molecular formula is C16H11Cl2N3OS. The minimum Gasteiger partial charge on any atom is -0.346 e. The van der Waals surface area contributed by atoms with Crippen LogP contribution in [-0.4, -0.2) is 15.9 Å². The normalized spacial score (nSPS) is 10.5. The maximum absolute atomic E-state index is 12.1. The van der Waals surface area contributed by atoms with E-state index in [1.54, 1.807) is 30.6 Å². The number of nitrogens with zero attached hydrogens (tertiary/aromatic N) is 2. The van der Waals surface area contributed by atoms with Gasteiger partial charge in [-0.25, -0.2) is 4.98 Å². The maximum atomic E-state index is 12.1. The Morgan fingerprint density at radius 1 is 1.13 bits per heavy atom. The Balaban J connectivity index is 1.65. The van der Waals surface area contributed by atoms with Crippen molar-refractivity contribution in [2.45, 2.75) is 6.54 Å². The van der Waals surface area contributed by atoms with E-state index in [-0.39, 0.29) is 5.91 Å². The molecule has 0 aliphatic rings. The number of rotatable bonds is 4. The molecule has 1 amide bonds. The van der Waals surface area contributed by atoms with Crippen molar-refractivity contribution in [2.75, 3.05) is 0 Å². The second kappa shape index (κ2) is 7.08. The van der Waals surface area contributed by atoms with Crippen LogP contribution in [-0.2, 0) is 6.54 Å². The first-order chi connectivity index (χ1) is 11.1. The Morgan fingerprint density at radius 3 is 2.65 bits per heavy atom. The molecule has 0 atom stereocenters. The van der Waals surface area contributed by atoms with E-state index in [9.17, 15) is 4.79 Å². The molecule has 23 heavy (non-hydrogen) atoms. The second-order valence-electron chi connectivity index (χ2n) is 4.69. The van der Waals surface area contributed by atoms with Crippen LogP contribution < -0.4 is 5.32 Å². The van der Waals surface area contributed by atoms with Gasteiger partial charge in [0.2, 0.25) is 0 Å². The number of benzene rings is 1. The van der Waals surface area contributed by atoms with Crippen LogP contribution in [0.3, 0.4) is 0 Å². The van der Waals surface area contributed by atoms with E-state index in [0.29, 0.717) is 22.2 Å².